The average molecular weight is 230 g/mol. The van der Waals surface area contributed by atoms with Gasteiger partial charge in [-0.1, -0.05) is 0 Å². The van der Waals surface area contributed by atoms with Gasteiger partial charge in [-0.15, -0.1) is 0 Å². The number of hydrogen-bond donors (Lipinski definition) is 2. The van der Waals surface area contributed by atoms with Crippen molar-refractivity contribution in [3.8, 4) is 11.5 Å². The molecule has 0 saturated carbocycles. The lowest BCUT2D eigenvalue weighted by atomic mass is 9.92. The van der Waals surface area contributed by atoms with Gasteiger partial charge in [-0.25, -0.2) is 0 Å². The summed E-state index contributed by atoms with van der Waals surface area (Å²) in [6, 6.07) is 4.23. The minimum atomic E-state index is 0.142. The molecule has 0 fully saturated rings. The molecule has 0 amide bonds. The first-order valence-corrected chi connectivity index (χ1v) is 6.02. The molecule has 4 nitrogen and oxygen atoms in total. The van der Waals surface area contributed by atoms with Crippen LogP contribution in [0.15, 0.2) is 12.1 Å². The summed E-state index contributed by atoms with van der Waals surface area (Å²) in [5.74, 6) is 1.67. The van der Waals surface area contributed by atoms with E-state index in [0.29, 0.717) is 6.79 Å². The van der Waals surface area contributed by atoms with Crippen LogP contribution in [-0.4, -0.2) is 11.8 Å². The fourth-order valence-electron chi connectivity index (χ4n) is 2.89. The fraction of sp³-hybridized carbons (Fsp3) is 0.385. The van der Waals surface area contributed by atoms with Gasteiger partial charge in [-0.3, -0.25) is 0 Å². The largest absolute Gasteiger partial charge is 0.454 e. The van der Waals surface area contributed by atoms with Crippen molar-refractivity contribution >= 4 is 10.9 Å². The second-order valence-corrected chi connectivity index (χ2v) is 4.77. The van der Waals surface area contributed by atoms with Crippen molar-refractivity contribution in [1.82, 2.24) is 4.98 Å². The van der Waals surface area contributed by atoms with E-state index in [1.54, 1.807) is 0 Å². The maximum absolute atomic E-state index is 6.14. The molecule has 2 heterocycles. The molecule has 0 bridgehead atoms. The highest BCUT2D eigenvalue weighted by Gasteiger charge is 2.24. The number of aryl methyl sites for hydroxylation is 1. The summed E-state index contributed by atoms with van der Waals surface area (Å²) in [5.41, 5.74) is 9.80. The number of H-pyrrole nitrogens is 1. The molecule has 17 heavy (non-hydrogen) atoms. The van der Waals surface area contributed by atoms with Crippen molar-refractivity contribution in [2.45, 2.75) is 25.3 Å². The second kappa shape index (κ2) is 3.17. The third-order valence-corrected chi connectivity index (χ3v) is 3.75. The van der Waals surface area contributed by atoms with Crippen molar-refractivity contribution in [3.63, 3.8) is 0 Å². The highest BCUT2D eigenvalue weighted by Crippen LogP contribution is 2.40. The van der Waals surface area contributed by atoms with E-state index in [2.05, 4.69) is 11.1 Å². The molecule has 4 heteroatoms. The number of rotatable bonds is 0. The van der Waals surface area contributed by atoms with E-state index in [0.717, 1.165) is 36.3 Å². The topological polar surface area (TPSA) is 60.3 Å². The Morgan fingerprint density at radius 2 is 2.06 bits per heavy atom. The monoisotopic (exact) mass is 230 g/mol. The smallest absolute Gasteiger partial charge is 0.231 e. The van der Waals surface area contributed by atoms with Crippen LogP contribution < -0.4 is 15.2 Å². The lowest BCUT2D eigenvalue weighted by Gasteiger charge is -2.18. The van der Waals surface area contributed by atoms with Crippen molar-refractivity contribution in [1.29, 1.82) is 0 Å². The third kappa shape index (κ3) is 1.21. The first-order chi connectivity index (χ1) is 8.33. The molecule has 1 aromatic carbocycles. The highest BCUT2D eigenvalue weighted by atomic mass is 16.7. The molecule has 1 aromatic heterocycles. The predicted octanol–water partition coefficient (Wildman–Crippen LogP) is 2.23. The number of nitrogens with two attached hydrogens (primary N) is 1. The van der Waals surface area contributed by atoms with Crippen molar-refractivity contribution in [3.05, 3.63) is 23.4 Å². The van der Waals surface area contributed by atoms with Crippen molar-refractivity contribution in [2.24, 2.45) is 5.73 Å². The fourth-order valence-corrected chi connectivity index (χ4v) is 2.89. The van der Waals surface area contributed by atoms with Crippen LogP contribution in [0.3, 0.4) is 0 Å². The van der Waals surface area contributed by atoms with Crippen LogP contribution in [0.2, 0.25) is 0 Å². The molecule has 1 aliphatic carbocycles. The van der Waals surface area contributed by atoms with Crippen LogP contribution in [0.4, 0.5) is 0 Å². The Balaban J connectivity index is 2.01. The van der Waals surface area contributed by atoms with Gasteiger partial charge in [0.05, 0.1) is 0 Å². The summed E-state index contributed by atoms with van der Waals surface area (Å²) in [6.07, 6.45) is 3.32. The molecule has 3 N–H and O–H groups in total. The van der Waals surface area contributed by atoms with Gasteiger partial charge >= 0.3 is 0 Å². The molecule has 0 radical (unpaired) electrons. The number of hydrogen-bond acceptors (Lipinski definition) is 3. The standard InChI is InChI=1S/C13H14N2O2/c14-9-3-1-2-7-8-4-11-12(17-6-16-11)5-10(8)15-13(7)9/h4-5,9,15H,1-3,6,14H2. The van der Waals surface area contributed by atoms with Crippen molar-refractivity contribution < 1.29 is 9.47 Å². The molecule has 88 valence electrons. The average Bonchev–Trinajstić information content (AvgIpc) is 2.90. The Morgan fingerprint density at radius 1 is 1.24 bits per heavy atom. The molecule has 1 unspecified atom stereocenters. The van der Waals surface area contributed by atoms with E-state index in [1.807, 2.05) is 6.07 Å². The SMILES string of the molecule is NC1CCCc2c1[nH]c1cc3c(cc21)OCO3. The van der Waals surface area contributed by atoms with E-state index >= 15 is 0 Å². The van der Waals surface area contributed by atoms with Gasteiger partial charge < -0.3 is 20.2 Å². The summed E-state index contributed by atoms with van der Waals surface area (Å²) in [4.78, 5) is 3.43. The van der Waals surface area contributed by atoms with Crippen LogP contribution in [0.5, 0.6) is 11.5 Å². The summed E-state index contributed by atoms with van der Waals surface area (Å²) in [7, 11) is 0. The lowest BCUT2D eigenvalue weighted by molar-refractivity contribution is 0.174. The van der Waals surface area contributed by atoms with E-state index < -0.39 is 0 Å². The Bertz CT molecular complexity index is 603. The first-order valence-electron chi connectivity index (χ1n) is 6.02. The van der Waals surface area contributed by atoms with Gasteiger partial charge in [0.15, 0.2) is 11.5 Å². The van der Waals surface area contributed by atoms with Crippen LogP contribution in [0.1, 0.15) is 30.1 Å². The minimum Gasteiger partial charge on any atom is -0.454 e. The number of nitrogens with one attached hydrogen (secondary N) is 1. The molecule has 1 atom stereocenters. The third-order valence-electron chi connectivity index (χ3n) is 3.75. The number of fused-ring (bicyclic) bond motifs is 4. The van der Waals surface area contributed by atoms with E-state index in [4.69, 9.17) is 15.2 Å². The van der Waals surface area contributed by atoms with Crippen LogP contribution in [0, 0.1) is 0 Å². The zero-order valence-electron chi connectivity index (χ0n) is 9.45. The summed E-state index contributed by atoms with van der Waals surface area (Å²) >= 11 is 0. The van der Waals surface area contributed by atoms with Crippen LogP contribution in [-0.2, 0) is 6.42 Å². The molecule has 0 saturated heterocycles. The molecule has 4 rings (SSSR count). The maximum atomic E-state index is 6.14. The number of ether oxygens (including phenoxy) is 2. The van der Waals surface area contributed by atoms with Gasteiger partial charge in [0.1, 0.15) is 0 Å². The summed E-state index contributed by atoms with van der Waals surface area (Å²) < 4.78 is 10.8. The Kier molecular flexibility index (Phi) is 1.74. The predicted molar refractivity (Wildman–Crippen MR) is 64.3 cm³/mol. The molecule has 1 aliphatic heterocycles. The van der Waals surface area contributed by atoms with Crippen LogP contribution in [0.25, 0.3) is 10.9 Å². The molecular formula is C13H14N2O2. The van der Waals surface area contributed by atoms with Gasteiger partial charge in [-0.2, -0.15) is 0 Å². The molecule has 0 spiro atoms. The number of benzene rings is 1. The van der Waals surface area contributed by atoms with Gasteiger partial charge in [0, 0.05) is 28.7 Å². The number of aromatic nitrogens is 1. The van der Waals surface area contributed by atoms with Gasteiger partial charge in [0.2, 0.25) is 6.79 Å². The Labute approximate surface area is 98.7 Å². The lowest BCUT2D eigenvalue weighted by Crippen LogP contribution is -2.16. The minimum absolute atomic E-state index is 0.142. The van der Waals surface area contributed by atoms with E-state index in [1.165, 1.54) is 16.6 Å². The quantitative estimate of drug-likeness (QED) is 0.729. The van der Waals surface area contributed by atoms with Crippen LogP contribution >= 0.6 is 0 Å². The Morgan fingerprint density at radius 3 is 2.94 bits per heavy atom. The molecule has 2 aliphatic rings. The first kappa shape index (κ1) is 9.36. The van der Waals surface area contributed by atoms with Gasteiger partial charge in [-0.05, 0) is 30.9 Å². The summed E-state index contributed by atoms with van der Waals surface area (Å²) in [5, 5.41) is 1.24. The molecule has 2 aromatic rings. The zero-order valence-corrected chi connectivity index (χ0v) is 9.45. The summed E-state index contributed by atoms with van der Waals surface area (Å²) in [6.45, 7) is 0.323. The second-order valence-electron chi connectivity index (χ2n) is 4.77. The molecular weight excluding hydrogens is 216 g/mol. The number of aromatic amines is 1. The zero-order chi connectivity index (χ0) is 11.4. The van der Waals surface area contributed by atoms with Crippen molar-refractivity contribution in [2.75, 3.05) is 6.79 Å². The Hall–Kier alpha value is -1.68. The normalized spacial score (nSPS) is 21.8. The maximum Gasteiger partial charge on any atom is 0.231 e. The van der Waals surface area contributed by atoms with E-state index in [-0.39, 0.29) is 6.04 Å². The highest BCUT2D eigenvalue weighted by molar-refractivity contribution is 5.88. The van der Waals surface area contributed by atoms with E-state index in [9.17, 15) is 0 Å². The van der Waals surface area contributed by atoms with Gasteiger partial charge in [0.25, 0.3) is 0 Å².